The van der Waals surface area contributed by atoms with Gasteiger partial charge in [0.2, 0.25) is 0 Å². The summed E-state index contributed by atoms with van der Waals surface area (Å²) in [5.41, 5.74) is 1.28. The van der Waals surface area contributed by atoms with Crippen LogP contribution in [0.4, 0.5) is 10.5 Å². The first kappa shape index (κ1) is 20.0. The lowest BCUT2D eigenvalue weighted by molar-refractivity contribution is 0.189. The SMILES string of the molecule is CC1CCN(CCCCNC(=O)NCC2CCN(c3ccccc3)C2)CC1. The molecule has 2 N–H and O–H groups in total. The molecule has 3 rings (SSSR count). The number of carbonyl (C=O) groups excluding carboxylic acids is 1. The fourth-order valence-corrected chi connectivity index (χ4v) is 4.12. The van der Waals surface area contributed by atoms with Gasteiger partial charge in [0.05, 0.1) is 0 Å². The van der Waals surface area contributed by atoms with Gasteiger partial charge in [0, 0.05) is 31.9 Å². The molecule has 1 unspecified atom stereocenters. The zero-order chi connectivity index (χ0) is 18.9. The minimum atomic E-state index is -0.0139. The van der Waals surface area contributed by atoms with Crippen molar-refractivity contribution in [2.24, 2.45) is 11.8 Å². The second-order valence-corrected chi connectivity index (χ2v) is 8.30. The van der Waals surface area contributed by atoms with E-state index in [1.807, 2.05) is 0 Å². The van der Waals surface area contributed by atoms with Crippen molar-refractivity contribution in [1.29, 1.82) is 0 Å². The summed E-state index contributed by atoms with van der Waals surface area (Å²) in [6.07, 6.45) is 6.05. The van der Waals surface area contributed by atoms with Gasteiger partial charge >= 0.3 is 6.03 Å². The van der Waals surface area contributed by atoms with Crippen LogP contribution in [0.3, 0.4) is 0 Å². The summed E-state index contributed by atoms with van der Waals surface area (Å²) in [4.78, 5) is 17.0. The number of urea groups is 1. The lowest BCUT2D eigenvalue weighted by Gasteiger charge is -2.30. The number of para-hydroxylation sites is 1. The van der Waals surface area contributed by atoms with E-state index in [0.717, 1.165) is 44.9 Å². The van der Waals surface area contributed by atoms with Crippen LogP contribution in [0, 0.1) is 11.8 Å². The first-order chi connectivity index (χ1) is 13.2. The van der Waals surface area contributed by atoms with Crippen LogP contribution >= 0.6 is 0 Å². The van der Waals surface area contributed by atoms with E-state index in [1.54, 1.807) is 0 Å². The van der Waals surface area contributed by atoms with Crippen LogP contribution in [0.1, 0.15) is 39.0 Å². The number of unbranched alkanes of at least 4 members (excludes halogenated alkanes) is 1. The highest BCUT2D eigenvalue weighted by Crippen LogP contribution is 2.22. The molecule has 2 amide bonds. The Morgan fingerprint density at radius 3 is 2.59 bits per heavy atom. The van der Waals surface area contributed by atoms with Crippen LogP contribution in [0.15, 0.2) is 30.3 Å². The summed E-state index contributed by atoms with van der Waals surface area (Å²) < 4.78 is 0. The lowest BCUT2D eigenvalue weighted by Crippen LogP contribution is -2.39. The van der Waals surface area contributed by atoms with Crippen LogP contribution in [0.2, 0.25) is 0 Å². The first-order valence-corrected chi connectivity index (χ1v) is 10.7. The predicted molar refractivity (Wildman–Crippen MR) is 112 cm³/mol. The third-order valence-electron chi connectivity index (χ3n) is 6.02. The molecule has 0 saturated carbocycles. The number of piperidine rings is 1. The monoisotopic (exact) mass is 372 g/mol. The number of rotatable bonds is 8. The number of amides is 2. The molecule has 2 aliphatic rings. The van der Waals surface area contributed by atoms with E-state index in [9.17, 15) is 4.79 Å². The van der Waals surface area contributed by atoms with Crippen molar-refractivity contribution >= 4 is 11.7 Å². The van der Waals surface area contributed by atoms with Gasteiger partial charge in [-0.1, -0.05) is 25.1 Å². The molecule has 0 bridgehead atoms. The molecular weight excluding hydrogens is 336 g/mol. The average Bonchev–Trinajstić information content (AvgIpc) is 3.17. The average molecular weight is 373 g/mol. The Morgan fingerprint density at radius 1 is 1.04 bits per heavy atom. The third-order valence-corrected chi connectivity index (χ3v) is 6.02. The van der Waals surface area contributed by atoms with Gasteiger partial charge in [0.25, 0.3) is 0 Å². The van der Waals surface area contributed by atoms with Gasteiger partial charge in [-0.2, -0.15) is 0 Å². The van der Waals surface area contributed by atoms with Crippen molar-refractivity contribution < 1.29 is 4.79 Å². The molecule has 0 radical (unpaired) electrons. The van der Waals surface area contributed by atoms with Gasteiger partial charge in [0.15, 0.2) is 0 Å². The van der Waals surface area contributed by atoms with E-state index in [0.29, 0.717) is 5.92 Å². The maximum atomic E-state index is 12.0. The molecule has 1 aromatic carbocycles. The molecule has 2 saturated heterocycles. The Hall–Kier alpha value is -1.75. The largest absolute Gasteiger partial charge is 0.371 e. The highest BCUT2D eigenvalue weighted by Gasteiger charge is 2.22. The van der Waals surface area contributed by atoms with Gasteiger partial charge < -0.3 is 20.4 Å². The summed E-state index contributed by atoms with van der Waals surface area (Å²) in [6, 6.07) is 10.5. The molecule has 2 aliphatic heterocycles. The van der Waals surface area contributed by atoms with E-state index in [-0.39, 0.29) is 6.03 Å². The minimum Gasteiger partial charge on any atom is -0.371 e. The fourth-order valence-electron chi connectivity index (χ4n) is 4.12. The van der Waals surface area contributed by atoms with E-state index < -0.39 is 0 Å². The molecule has 27 heavy (non-hydrogen) atoms. The maximum Gasteiger partial charge on any atom is 0.314 e. The first-order valence-electron chi connectivity index (χ1n) is 10.7. The molecule has 0 aromatic heterocycles. The predicted octanol–water partition coefficient (Wildman–Crippen LogP) is 3.32. The van der Waals surface area contributed by atoms with E-state index in [4.69, 9.17) is 0 Å². The fraction of sp³-hybridized carbons (Fsp3) is 0.682. The van der Waals surface area contributed by atoms with Crippen molar-refractivity contribution in [1.82, 2.24) is 15.5 Å². The number of hydrogen-bond acceptors (Lipinski definition) is 3. The molecule has 1 aromatic rings. The zero-order valence-corrected chi connectivity index (χ0v) is 16.8. The van der Waals surface area contributed by atoms with Crippen molar-refractivity contribution in [2.45, 2.75) is 39.0 Å². The lowest BCUT2D eigenvalue weighted by atomic mass is 9.99. The van der Waals surface area contributed by atoms with E-state index in [2.05, 4.69) is 57.7 Å². The highest BCUT2D eigenvalue weighted by atomic mass is 16.2. The van der Waals surface area contributed by atoms with Crippen LogP contribution in [0.25, 0.3) is 0 Å². The summed E-state index contributed by atoms with van der Waals surface area (Å²) in [6.45, 7) is 9.66. The molecule has 5 nitrogen and oxygen atoms in total. The molecule has 0 aliphatic carbocycles. The van der Waals surface area contributed by atoms with Crippen LogP contribution in [-0.4, -0.2) is 56.7 Å². The second-order valence-electron chi connectivity index (χ2n) is 8.30. The number of nitrogens with one attached hydrogen (secondary N) is 2. The molecule has 150 valence electrons. The number of carbonyl (C=O) groups is 1. The Labute approximate surface area is 164 Å². The minimum absolute atomic E-state index is 0.0139. The summed E-state index contributed by atoms with van der Waals surface area (Å²) in [5.74, 6) is 1.43. The molecule has 0 spiro atoms. The zero-order valence-electron chi connectivity index (χ0n) is 16.8. The molecule has 2 heterocycles. The molecule has 5 heteroatoms. The molecule has 2 fully saturated rings. The third kappa shape index (κ3) is 6.73. The summed E-state index contributed by atoms with van der Waals surface area (Å²) >= 11 is 0. The Balaban J connectivity index is 1.21. The number of anilines is 1. The number of hydrogen-bond donors (Lipinski definition) is 2. The maximum absolute atomic E-state index is 12.0. The van der Waals surface area contributed by atoms with Crippen molar-refractivity contribution in [3.05, 3.63) is 30.3 Å². The smallest absolute Gasteiger partial charge is 0.314 e. The number of likely N-dealkylation sites (tertiary alicyclic amines) is 1. The quantitative estimate of drug-likeness (QED) is 0.688. The van der Waals surface area contributed by atoms with E-state index >= 15 is 0 Å². The van der Waals surface area contributed by atoms with Crippen LogP contribution in [0.5, 0.6) is 0 Å². The van der Waals surface area contributed by atoms with Crippen molar-refractivity contribution in [2.75, 3.05) is 50.7 Å². The Bertz CT molecular complexity index is 557. The van der Waals surface area contributed by atoms with Crippen LogP contribution in [-0.2, 0) is 0 Å². The van der Waals surface area contributed by atoms with Gasteiger partial charge in [-0.05, 0) is 75.7 Å². The van der Waals surface area contributed by atoms with Gasteiger partial charge in [-0.25, -0.2) is 4.79 Å². The Kier molecular flexibility index (Phi) is 7.81. The summed E-state index contributed by atoms with van der Waals surface area (Å²) in [5, 5.41) is 6.07. The Morgan fingerprint density at radius 2 is 1.81 bits per heavy atom. The van der Waals surface area contributed by atoms with Gasteiger partial charge in [0.1, 0.15) is 0 Å². The number of nitrogens with zero attached hydrogens (tertiary/aromatic N) is 2. The second kappa shape index (κ2) is 10.5. The normalized spacial score (nSPS) is 21.4. The number of benzene rings is 1. The molecular formula is C22H36N4O. The van der Waals surface area contributed by atoms with Crippen LogP contribution < -0.4 is 15.5 Å². The van der Waals surface area contributed by atoms with Gasteiger partial charge in [-0.3, -0.25) is 0 Å². The van der Waals surface area contributed by atoms with Gasteiger partial charge in [-0.15, -0.1) is 0 Å². The highest BCUT2D eigenvalue weighted by molar-refractivity contribution is 5.73. The van der Waals surface area contributed by atoms with Crippen molar-refractivity contribution in [3.63, 3.8) is 0 Å². The summed E-state index contributed by atoms with van der Waals surface area (Å²) in [7, 11) is 0. The standard InChI is InChI=1S/C22H36N4O/c1-19-9-14-25(15-10-19)13-6-5-12-23-22(27)24-17-20-11-16-26(18-20)21-7-3-2-4-8-21/h2-4,7-8,19-20H,5-6,9-18H2,1H3,(H2,23,24,27). The molecule has 1 atom stereocenters. The topological polar surface area (TPSA) is 47.6 Å². The van der Waals surface area contributed by atoms with E-state index in [1.165, 1.54) is 44.6 Å². The van der Waals surface area contributed by atoms with Crippen molar-refractivity contribution in [3.8, 4) is 0 Å².